The number of amides is 1. The summed E-state index contributed by atoms with van der Waals surface area (Å²) < 4.78 is 1.53. The van der Waals surface area contributed by atoms with Crippen molar-refractivity contribution < 1.29 is 4.79 Å². The Kier molecular flexibility index (Phi) is 2.03. The highest BCUT2D eigenvalue weighted by atomic mass is 16.2. The molecule has 2 bridgehead atoms. The number of carbonyl (C=O) groups is 1. The Bertz CT molecular complexity index is 809. The molecular weight excluding hydrogens is 270 g/mol. The lowest BCUT2D eigenvalue weighted by atomic mass is 10.1. The molecule has 108 valence electrons. The van der Waals surface area contributed by atoms with Gasteiger partial charge in [0.15, 0.2) is 5.65 Å². The van der Waals surface area contributed by atoms with E-state index < -0.39 is 0 Å². The fraction of sp³-hybridized carbons (Fsp3) is 0.571. The minimum atomic E-state index is -0.222. The highest BCUT2D eigenvalue weighted by Crippen LogP contribution is 2.61. The fourth-order valence-electron chi connectivity index (χ4n) is 4.36. The number of H-pyrrole nitrogens is 1. The van der Waals surface area contributed by atoms with Crippen molar-refractivity contribution in [3.8, 4) is 0 Å². The summed E-state index contributed by atoms with van der Waals surface area (Å²) in [6.07, 6.45) is 5.31. The smallest absolute Gasteiger partial charge is 0.261 e. The van der Waals surface area contributed by atoms with E-state index in [-0.39, 0.29) is 18.0 Å². The summed E-state index contributed by atoms with van der Waals surface area (Å²) in [7, 11) is 0. The highest BCUT2D eigenvalue weighted by Gasteiger charge is 2.61. The number of rotatable bonds is 2. The van der Waals surface area contributed by atoms with Gasteiger partial charge in [0.1, 0.15) is 11.9 Å². The van der Waals surface area contributed by atoms with E-state index in [2.05, 4.69) is 15.1 Å². The second-order valence-corrected chi connectivity index (χ2v) is 6.44. The van der Waals surface area contributed by atoms with Crippen LogP contribution in [0.1, 0.15) is 12.8 Å². The van der Waals surface area contributed by atoms with E-state index in [9.17, 15) is 9.59 Å². The Labute approximate surface area is 120 Å². The van der Waals surface area contributed by atoms with Crippen LogP contribution in [0.4, 0.5) is 0 Å². The number of hydrogen-bond acceptors (Lipinski definition) is 4. The van der Waals surface area contributed by atoms with Gasteiger partial charge in [0.05, 0.1) is 12.5 Å². The monoisotopic (exact) mass is 285 g/mol. The molecule has 1 N–H and O–H groups in total. The number of carbonyl (C=O) groups excluding carboxylic acids is 1. The van der Waals surface area contributed by atoms with Crippen LogP contribution in [0.2, 0.25) is 0 Å². The summed E-state index contributed by atoms with van der Waals surface area (Å²) in [6, 6.07) is 0.450. The molecule has 1 amide bonds. The molecule has 3 aliphatic rings. The van der Waals surface area contributed by atoms with Gasteiger partial charge in [-0.05, 0) is 30.6 Å². The first-order chi connectivity index (χ1) is 10.2. The van der Waals surface area contributed by atoms with Crippen LogP contribution in [0.25, 0.3) is 11.0 Å². The maximum Gasteiger partial charge on any atom is 0.261 e. The Morgan fingerprint density at radius 1 is 1.38 bits per heavy atom. The van der Waals surface area contributed by atoms with E-state index in [1.165, 1.54) is 30.0 Å². The molecular formula is C14H15N5O2. The third kappa shape index (κ3) is 1.48. The van der Waals surface area contributed by atoms with Crippen LogP contribution in [-0.4, -0.2) is 43.1 Å². The standard InChI is InChI=1S/C14H15N5O2/c20-12(18-4-7-1-11(18)9-2-8(7)9)5-19-13-10(3-17-19)14(21)16-6-15-13/h3,6-9,11H,1-2,4-5H2,(H,15,16,21)/t7-,8-,9-,11-/m0/s1. The number of aromatic nitrogens is 4. The lowest BCUT2D eigenvalue weighted by molar-refractivity contribution is -0.133. The zero-order valence-corrected chi connectivity index (χ0v) is 11.4. The largest absolute Gasteiger partial charge is 0.338 e. The second-order valence-electron chi connectivity index (χ2n) is 6.44. The van der Waals surface area contributed by atoms with Crippen LogP contribution >= 0.6 is 0 Å². The van der Waals surface area contributed by atoms with Gasteiger partial charge in [0, 0.05) is 12.6 Å². The average Bonchev–Trinajstić information content (AvgIpc) is 2.87. The van der Waals surface area contributed by atoms with Gasteiger partial charge in [-0.25, -0.2) is 9.67 Å². The number of hydrogen-bond donors (Lipinski definition) is 1. The van der Waals surface area contributed by atoms with Crippen LogP contribution in [0.15, 0.2) is 17.3 Å². The van der Waals surface area contributed by atoms with E-state index >= 15 is 0 Å². The van der Waals surface area contributed by atoms with E-state index in [1.807, 2.05) is 4.90 Å². The molecule has 0 unspecified atom stereocenters. The first-order valence-corrected chi connectivity index (χ1v) is 7.41. The summed E-state index contributed by atoms with van der Waals surface area (Å²) in [5.41, 5.74) is 0.250. The van der Waals surface area contributed by atoms with Crippen molar-refractivity contribution in [1.82, 2.24) is 24.6 Å². The minimum Gasteiger partial charge on any atom is -0.338 e. The molecule has 0 radical (unpaired) electrons. The van der Waals surface area contributed by atoms with Crippen LogP contribution < -0.4 is 5.56 Å². The fourth-order valence-corrected chi connectivity index (χ4v) is 4.36. The van der Waals surface area contributed by atoms with Gasteiger partial charge in [-0.15, -0.1) is 0 Å². The van der Waals surface area contributed by atoms with Crippen molar-refractivity contribution in [3.63, 3.8) is 0 Å². The van der Waals surface area contributed by atoms with Gasteiger partial charge in [-0.1, -0.05) is 0 Å². The molecule has 0 spiro atoms. The molecule has 2 aliphatic carbocycles. The quantitative estimate of drug-likeness (QED) is 0.841. The van der Waals surface area contributed by atoms with E-state index in [1.54, 1.807) is 0 Å². The lowest BCUT2D eigenvalue weighted by Gasteiger charge is -2.26. The highest BCUT2D eigenvalue weighted by molar-refractivity contribution is 5.80. The van der Waals surface area contributed by atoms with E-state index in [0.717, 1.165) is 24.3 Å². The van der Waals surface area contributed by atoms with Gasteiger partial charge in [0.2, 0.25) is 5.91 Å². The van der Waals surface area contributed by atoms with E-state index in [4.69, 9.17) is 0 Å². The summed E-state index contributed by atoms with van der Waals surface area (Å²) in [5, 5.41) is 4.57. The van der Waals surface area contributed by atoms with Gasteiger partial charge < -0.3 is 9.88 Å². The summed E-state index contributed by atoms with van der Waals surface area (Å²) >= 11 is 0. The van der Waals surface area contributed by atoms with Crippen molar-refractivity contribution in [2.45, 2.75) is 25.4 Å². The molecule has 7 nitrogen and oxygen atoms in total. The van der Waals surface area contributed by atoms with Crippen molar-refractivity contribution >= 4 is 16.9 Å². The maximum atomic E-state index is 12.5. The summed E-state index contributed by atoms with van der Waals surface area (Å²) in [4.78, 5) is 32.9. The molecule has 1 saturated heterocycles. The molecule has 1 aliphatic heterocycles. The third-order valence-electron chi connectivity index (χ3n) is 5.41. The van der Waals surface area contributed by atoms with Crippen LogP contribution in [0.3, 0.4) is 0 Å². The Morgan fingerprint density at radius 3 is 3.10 bits per heavy atom. The van der Waals surface area contributed by atoms with Crippen LogP contribution in [0, 0.1) is 17.8 Å². The molecule has 21 heavy (non-hydrogen) atoms. The molecule has 3 fully saturated rings. The molecule has 5 rings (SSSR count). The molecule has 2 aromatic rings. The Balaban J connectivity index is 1.43. The Hall–Kier alpha value is -2.18. The van der Waals surface area contributed by atoms with Crippen LogP contribution in [0.5, 0.6) is 0 Å². The first-order valence-electron chi connectivity index (χ1n) is 7.41. The first kappa shape index (κ1) is 11.5. The summed E-state index contributed by atoms with van der Waals surface area (Å²) in [6.45, 7) is 1.07. The SMILES string of the molecule is O=C(Cn1ncc2c(=O)[nH]cnc21)N1C[C@@H]2C[C@H]1[C@H]1C[C@@H]21. The van der Waals surface area contributed by atoms with Gasteiger partial charge >= 0.3 is 0 Å². The molecule has 4 atom stereocenters. The number of piperidine rings is 1. The molecule has 0 aromatic carbocycles. The average molecular weight is 285 g/mol. The zero-order valence-electron chi connectivity index (χ0n) is 11.4. The maximum absolute atomic E-state index is 12.5. The molecule has 3 heterocycles. The number of nitrogens with one attached hydrogen (secondary N) is 1. The van der Waals surface area contributed by atoms with E-state index in [0.29, 0.717) is 17.1 Å². The van der Waals surface area contributed by atoms with Gasteiger partial charge in [-0.2, -0.15) is 5.10 Å². The third-order valence-corrected chi connectivity index (χ3v) is 5.41. The van der Waals surface area contributed by atoms with Gasteiger partial charge in [0.25, 0.3) is 5.56 Å². The molecule has 2 saturated carbocycles. The Morgan fingerprint density at radius 2 is 2.29 bits per heavy atom. The summed E-state index contributed by atoms with van der Waals surface area (Å²) in [5.74, 6) is 2.46. The predicted molar refractivity (Wildman–Crippen MR) is 73.4 cm³/mol. The van der Waals surface area contributed by atoms with Gasteiger partial charge in [-0.3, -0.25) is 9.59 Å². The number of likely N-dealkylation sites (tertiary alicyclic amines) is 1. The second kappa shape index (κ2) is 3.72. The minimum absolute atomic E-state index is 0.0972. The number of nitrogens with zero attached hydrogens (tertiary/aromatic N) is 4. The van der Waals surface area contributed by atoms with Crippen molar-refractivity contribution in [2.75, 3.05) is 6.54 Å². The lowest BCUT2D eigenvalue weighted by Crippen LogP contribution is -2.41. The zero-order chi connectivity index (χ0) is 14.1. The van der Waals surface area contributed by atoms with Crippen molar-refractivity contribution in [2.24, 2.45) is 17.8 Å². The normalized spacial score (nSPS) is 32.7. The number of aromatic amines is 1. The predicted octanol–water partition coefficient (Wildman–Crippen LogP) is -0.0136. The van der Waals surface area contributed by atoms with Crippen molar-refractivity contribution in [3.05, 3.63) is 22.9 Å². The van der Waals surface area contributed by atoms with Crippen LogP contribution in [-0.2, 0) is 11.3 Å². The molecule has 7 heteroatoms. The topological polar surface area (TPSA) is 83.9 Å². The van der Waals surface area contributed by atoms with Crippen molar-refractivity contribution in [1.29, 1.82) is 0 Å². The molecule has 2 aromatic heterocycles. The number of fused-ring (bicyclic) bond motifs is 6.